The molecule has 0 spiro atoms. The summed E-state index contributed by atoms with van der Waals surface area (Å²) in [5.41, 5.74) is 7.17. The van der Waals surface area contributed by atoms with Gasteiger partial charge in [-0.3, -0.25) is 9.69 Å². The molecule has 1 fully saturated rings. The minimum absolute atomic E-state index is 0.0275. The first-order valence-electron chi connectivity index (χ1n) is 7.51. The molecule has 0 radical (unpaired) electrons. The van der Waals surface area contributed by atoms with E-state index in [-0.39, 0.29) is 11.9 Å². The number of nitrogens with two attached hydrogens (primary N) is 1. The van der Waals surface area contributed by atoms with Gasteiger partial charge >= 0.3 is 0 Å². The minimum atomic E-state index is -0.107. The van der Waals surface area contributed by atoms with Crippen molar-refractivity contribution in [2.75, 3.05) is 24.1 Å². The lowest BCUT2D eigenvalue weighted by Crippen LogP contribution is -2.47. The summed E-state index contributed by atoms with van der Waals surface area (Å²) >= 11 is 0. The fourth-order valence-corrected chi connectivity index (χ4v) is 2.80. The van der Waals surface area contributed by atoms with Gasteiger partial charge in [0.05, 0.1) is 17.4 Å². The zero-order valence-corrected chi connectivity index (χ0v) is 12.4. The molecule has 1 aromatic rings. The summed E-state index contributed by atoms with van der Waals surface area (Å²) in [5.74, 6) is 0.750. The van der Waals surface area contributed by atoms with Gasteiger partial charge in [0.1, 0.15) is 0 Å². The monoisotopic (exact) mass is 275 g/mol. The van der Waals surface area contributed by atoms with E-state index < -0.39 is 0 Å². The number of nitrogens with one attached hydrogen (secondary N) is 1. The van der Waals surface area contributed by atoms with Crippen molar-refractivity contribution >= 4 is 17.3 Å². The maximum absolute atomic E-state index is 12.4. The number of hydrogen-bond acceptors (Lipinski definition) is 3. The van der Waals surface area contributed by atoms with Gasteiger partial charge in [0, 0.05) is 6.54 Å². The van der Waals surface area contributed by atoms with Crippen LogP contribution in [-0.2, 0) is 4.79 Å². The highest BCUT2D eigenvalue weighted by molar-refractivity contribution is 5.97. The number of nitrogen functional groups attached to an aromatic ring is 1. The molecular weight excluding hydrogens is 250 g/mol. The molecular formula is C16H25N3O. The number of nitrogens with zero attached hydrogens (tertiary/aromatic N) is 1. The molecule has 2 unspecified atom stereocenters. The van der Waals surface area contributed by atoms with Crippen LogP contribution >= 0.6 is 0 Å². The van der Waals surface area contributed by atoms with Crippen molar-refractivity contribution in [2.24, 2.45) is 5.92 Å². The third-order valence-electron chi connectivity index (χ3n) is 4.27. The Hall–Kier alpha value is -1.55. The van der Waals surface area contributed by atoms with Crippen LogP contribution in [0.3, 0.4) is 0 Å². The van der Waals surface area contributed by atoms with Gasteiger partial charge < -0.3 is 11.1 Å². The van der Waals surface area contributed by atoms with Crippen LogP contribution in [0, 0.1) is 5.92 Å². The van der Waals surface area contributed by atoms with Gasteiger partial charge in [-0.25, -0.2) is 0 Å². The van der Waals surface area contributed by atoms with E-state index in [1.165, 1.54) is 19.3 Å². The van der Waals surface area contributed by atoms with Crippen LogP contribution in [0.4, 0.5) is 11.4 Å². The molecule has 1 saturated heterocycles. The Morgan fingerprint density at radius 3 is 2.95 bits per heavy atom. The van der Waals surface area contributed by atoms with Crippen LogP contribution in [0.1, 0.15) is 33.1 Å². The normalized spacial score (nSPS) is 21.4. The van der Waals surface area contributed by atoms with Crippen molar-refractivity contribution in [1.29, 1.82) is 0 Å². The number of hydrogen-bond donors (Lipinski definition) is 2. The lowest BCUT2D eigenvalue weighted by Gasteiger charge is -2.35. The van der Waals surface area contributed by atoms with Crippen LogP contribution < -0.4 is 11.1 Å². The summed E-state index contributed by atoms with van der Waals surface area (Å²) in [5, 5.41) is 2.93. The van der Waals surface area contributed by atoms with Gasteiger partial charge in [-0.2, -0.15) is 0 Å². The molecule has 1 aromatic carbocycles. The number of likely N-dealkylation sites (tertiary alicyclic amines) is 1. The highest BCUT2D eigenvalue weighted by atomic mass is 16.2. The van der Waals surface area contributed by atoms with E-state index in [0.29, 0.717) is 11.4 Å². The number of carbonyl (C=O) groups is 1. The molecule has 0 aliphatic carbocycles. The summed E-state index contributed by atoms with van der Waals surface area (Å²) in [6.45, 7) is 6.24. The predicted octanol–water partition coefficient (Wildman–Crippen LogP) is 2.72. The highest BCUT2D eigenvalue weighted by Gasteiger charge is 2.26. The molecule has 20 heavy (non-hydrogen) atoms. The van der Waals surface area contributed by atoms with Crippen LogP contribution in [0.2, 0.25) is 0 Å². The molecule has 1 heterocycles. The van der Waals surface area contributed by atoms with Crippen LogP contribution in [-0.4, -0.2) is 29.9 Å². The number of para-hydroxylation sites is 2. The zero-order chi connectivity index (χ0) is 14.5. The summed E-state index contributed by atoms with van der Waals surface area (Å²) in [6.07, 6.45) is 3.66. The van der Waals surface area contributed by atoms with E-state index in [2.05, 4.69) is 17.1 Å². The fraction of sp³-hybridized carbons (Fsp3) is 0.562. The van der Waals surface area contributed by atoms with Crippen molar-refractivity contribution < 1.29 is 4.79 Å². The maximum atomic E-state index is 12.4. The van der Waals surface area contributed by atoms with Gasteiger partial charge in [-0.05, 0) is 44.4 Å². The van der Waals surface area contributed by atoms with Crippen molar-refractivity contribution in [1.82, 2.24) is 4.90 Å². The Morgan fingerprint density at radius 1 is 1.50 bits per heavy atom. The largest absolute Gasteiger partial charge is 0.397 e. The molecule has 3 N–H and O–H groups in total. The average molecular weight is 275 g/mol. The van der Waals surface area contributed by atoms with Gasteiger partial charge in [0.15, 0.2) is 0 Å². The second kappa shape index (κ2) is 6.75. The number of benzene rings is 1. The summed E-state index contributed by atoms with van der Waals surface area (Å²) in [7, 11) is 0. The molecule has 0 saturated carbocycles. The molecule has 1 amide bonds. The van der Waals surface area contributed by atoms with Gasteiger partial charge in [-0.15, -0.1) is 0 Å². The summed E-state index contributed by atoms with van der Waals surface area (Å²) in [6, 6.07) is 7.28. The van der Waals surface area contributed by atoms with E-state index in [4.69, 9.17) is 5.73 Å². The molecule has 2 rings (SSSR count). The Morgan fingerprint density at radius 2 is 2.25 bits per heavy atom. The van der Waals surface area contributed by atoms with Crippen LogP contribution in [0.25, 0.3) is 0 Å². The van der Waals surface area contributed by atoms with Crippen molar-refractivity contribution in [3.8, 4) is 0 Å². The van der Waals surface area contributed by atoms with Gasteiger partial charge in [-0.1, -0.05) is 25.5 Å². The molecule has 4 nitrogen and oxygen atoms in total. The minimum Gasteiger partial charge on any atom is -0.397 e. The highest BCUT2D eigenvalue weighted by Crippen LogP contribution is 2.22. The molecule has 1 aliphatic rings. The molecule has 0 aromatic heterocycles. The second-order valence-corrected chi connectivity index (χ2v) is 5.66. The first-order valence-corrected chi connectivity index (χ1v) is 7.51. The van der Waals surface area contributed by atoms with E-state index in [1.807, 2.05) is 25.1 Å². The lowest BCUT2D eigenvalue weighted by molar-refractivity contribution is -0.121. The number of anilines is 2. The third kappa shape index (κ3) is 3.51. The van der Waals surface area contributed by atoms with Crippen molar-refractivity contribution in [3.05, 3.63) is 24.3 Å². The Bertz CT molecular complexity index is 461. The van der Waals surface area contributed by atoms with E-state index in [1.54, 1.807) is 6.07 Å². The maximum Gasteiger partial charge on any atom is 0.241 e. The SMILES string of the molecule is CCC1CCCN(C(C)C(=O)Nc2ccccc2N)C1. The molecule has 110 valence electrons. The summed E-state index contributed by atoms with van der Waals surface area (Å²) in [4.78, 5) is 14.6. The Labute approximate surface area is 121 Å². The quantitative estimate of drug-likeness (QED) is 0.831. The fourth-order valence-electron chi connectivity index (χ4n) is 2.80. The van der Waals surface area contributed by atoms with E-state index in [0.717, 1.165) is 19.0 Å². The van der Waals surface area contributed by atoms with Gasteiger partial charge in [0.2, 0.25) is 5.91 Å². The predicted molar refractivity (Wildman–Crippen MR) is 83.5 cm³/mol. The molecule has 4 heteroatoms. The third-order valence-corrected chi connectivity index (χ3v) is 4.27. The molecule has 0 bridgehead atoms. The lowest BCUT2D eigenvalue weighted by atomic mass is 9.94. The standard InChI is InChI=1S/C16H25N3O/c1-3-13-7-6-10-19(11-13)12(2)16(20)18-15-9-5-4-8-14(15)17/h4-5,8-9,12-13H,3,6-7,10-11,17H2,1-2H3,(H,18,20). The average Bonchev–Trinajstić information content (AvgIpc) is 2.48. The van der Waals surface area contributed by atoms with Crippen molar-refractivity contribution in [3.63, 3.8) is 0 Å². The number of piperidine rings is 1. The molecule has 1 aliphatic heterocycles. The van der Waals surface area contributed by atoms with Crippen LogP contribution in [0.15, 0.2) is 24.3 Å². The first kappa shape index (κ1) is 14.9. The number of carbonyl (C=O) groups excluding carboxylic acids is 1. The second-order valence-electron chi connectivity index (χ2n) is 5.66. The van der Waals surface area contributed by atoms with Crippen molar-refractivity contribution in [2.45, 2.75) is 39.2 Å². The van der Waals surface area contributed by atoms with Gasteiger partial charge in [0.25, 0.3) is 0 Å². The van der Waals surface area contributed by atoms with E-state index in [9.17, 15) is 4.79 Å². The Balaban J connectivity index is 1.96. The van der Waals surface area contributed by atoms with E-state index >= 15 is 0 Å². The number of amides is 1. The Kier molecular flexibility index (Phi) is 5.01. The first-order chi connectivity index (χ1) is 9.61. The van der Waals surface area contributed by atoms with Crippen LogP contribution in [0.5, 0.6) is 0 Å². The smallest absolute Gasteiger partial charge is 0.241 e. The topological polar surface area (TPSA) is 58.4 Å². The molecule has 2 atom stereocenters. The zero-order valence-electron chi connectivity index (χ0n) is 12.4. The number of rotatable bonds is 4. The summed E-state index contributed by atoms with van der Waals surface area (Å²) < 4.78 is 0.